The maximum absolute atomic E-state index is 13.2. The molecule has 0 saturated heterocycles. The van der Waals surface area contributed by atoms with E-state index in [0.717, 1.165) is 22.4 Å². The smallest absolute Gasteiger partial charge is 0.244 e. The van der Waals surface area contributed by atoms with E-state index in [2.05, 4.69) is 10.3 Å². The molecule has 0 saturated carbocycles. The molecule has 1 amide bonds. The second kappa shape index (κ2) is 5.34. The number of anilines is 1. The molecule has 0 radical (unpaired) electrons. The molecule has 2 aromatic carbocycles. The van der Waals surface area contributed by atoms with Crippen LogP contribution in [0.3, 0.4) is 0 Å². The average Bonchev–Trinajstić information content (AvgIpc) is 2.91. The first-order chi connectivity index (χ1) is 12.0. The molecule has 0 atom stereocenters. The van der Waals surface area contributed by atoms with Gasteiger partial charge in [0.15, 0.2) is 0 Å². The Morgan fingerprint density at radius 2 is 1.40 bits per heavy atom. The summed E-state index contributed by atoms with van der Waals surface area (Å²) in [4.78, 5) is 17.5. The largest absolute Gasteiger partial charge is 0.508 e. The summed E-state index contributed by atoms with van der Waals surface area (Å²) in [5.74, 6) is 0.0817. The SMILES string of the molecule is Cc1nccc2c1NC(=O)C2(c1ccc(O)cc1)c1ccc(O)cc1. The van der Waals surface area contributed by atoms with Crippen molar-refractivity contribution >= 4 is 11.6 Å². The van der Waals surface area contributed by atoms with Crippen molar-refractivity contribution in [2.45, 2.75) is 12.3 Å². The number of hydrogen-bond acceptors (Lipinski definition) is 4. The molecule has 25 heavy (non-hydrogen) atoms. The number of rotatable bonds is 2. The molecule has 3 N–H and O–H groups in total. The molecule has 1 aromatic heterocycles. The summed E-state index contributed by atoms with van der Waals surface area (Å²) in [6, 6.07) is 15.1. The van der Waals surface area contributed by atoms with Gasteiger partial charge >= 0.3 is 0 Å². The van der Waals surface area contributed by atoms with E-state index in [4.69, 9.17) is 0 Å². The number of fused-ring (bicyclic) bond motifs is 1. The van der Waals surface area contributed by atoms with Crippen molar-refractivity contribution in [3.05, 3.63) is 83.2 Å². The molecule has 124 valence electrons. The second-order valence-electron chi connectivity index (χ2n) is 6.12. The van der Waals surface area contributed by atoms with Crippen LogP contribution in [-0.4, -0.2) is 21.1 Å². The molecule has 1 aliphatic heterocycles. The number of carbonyl (C=O) groups is 1. The third kappa shape index (κ3) is 2.09. The van der Waals surface area contributed by atoms with Gasteiger partial charge in [0.2, 0.25) is 5.91 Å². The van der Waals surface area contributed by atoms with E-state index < -0.39 is 5.41 Å². The van der Waals surface area contributed by atoms with E-state index in [9.17, 15) is 15.0 Å². The molecule has 5 heteroatoms. The highest BCUT2D eigenvalue weighted by atomic mass is 16.3. The van der Waals surface area contributed by atoms with E-state index in [1.54, 1.807) is 54.7 Å². The van der Waals surface area contributed by atoms with Crippen molar-refractivity contribution in [2.24, 2.45) is 0 Å². The first-order valence-corrected chi connectivity index (χ1v) is 7.90. The molecular weight excluding hydrogens is 316 g/mol. The van der Waals surface area contributed by atoms with Crippen molar-refractivity contribution in [1.29, 1.82) is 0 Å². The second-order valence-corrected chi connectivity index (χ2v) is 6.12. The number of pyridine rings is 1. The van der Waals surface area contributed by atoms with Crippen LogP contribution in [0.1, 0.15) is 22.4 Å². The summed E-state index contributed by atoms with van der Waals surface area (Å²) in [6.07, 6.45) is 1.68. The van der Waals surface area contributed by atoms with Crippen molar-refractivity contribution in [1.82, 2.24) is 4.98 Å². The van der Waals surface area contributed by atoms with Crippen molar-refractivity contribution in [3.63, 3.8) is 0 Å². The van der Waals surface area contributed by atoms with Gasteiger partial charge in [-0.3, -0.25) is 9.78 Å². The minimum Gasteiger partial charge on any atom is -0.508 e. The summed E-state index contributed by atoms with van der Waals surface area (Å²) in [6.45, 7) is 1.85. The zero-order valence-corrected chi connectivity index (χ0v) is 13.5. The van der Waals surface area contributed by atoms with Crippen LogP contribution in [0.4, 0.5) is 5.69 Å². The third-order valence-electron chi connectivity index (χ3n) is 4.72. The summed E-state index contributed by atoms with van der Waals surface area (Å²) in [5, 5.41) is 22.3. The van der Waals surface area contributed by atoms with Crippen LogP contribution in [0.25, 0.3) is 0 Å². The number of amides is 1. The first kappa shape index (κ1) is 15.2. The number of phenolic OH excluding ortho intramolecular Hbond substituents is 2. The van der Waals surface area contributed by atoms with Crippen LogP contribution in [0.15, 0.2) is 60.8 Å². The Bertz CT molecular complexity index is 918. The normalized spacial score (nSPS) is 14.8. The highest BCUT2D eigenvalue weighted by Crippen LogP contribution is 2.48. The topological polar surface area (TPSA) is 82.5 Å². The number of carbonyl (C=O) groups excluding carboxylic acids is 1. The Hall–Kier alpha value is -3.34. The Balaban J connectivity index is 2.08. The van der Waals surface area contributed by atoms with Crippen LogP contribution in [0, 0.1) is 6.92 Å². The fourth-order valence-corrected chi connectivity index (χ4v) is 3.53. The van der Waals surface area contributed by atoms with Crippen LogP contribution < -0.4 is 5.32 Å². The van der Waals surface area contributed by atoms with Gasteiger partial charge in [0.25, 0.3) is 0 Å². The molecule has 0 spiro atoms. The minimum absolute atomic E-state index is 0.133. The van der Waals surface area contributed by atoms with E-state index in [-0.39, 0.29) is 17.4 Å². The number of aromatic hydroxyl groups is 2. The van der Waals surface area contributed by atoms with Gasteiger partial charge in [-0.25, -0.2) is 0 Å². The summed E-state index contributed by atoms with van der Waals surface area (Å²) in [7, 11) is 0. The molecule has 0 fully saturated rings. The van der Waals surface area contributed by atoms with Gasteiger partial charge in [0.05, 0.1) is 11.4 Å². The number of aromatic nitrogens is 1. The number of phenols is 2. The lowest BCUT2D eigenvalue weighted by molar-refractivity contribution is -0.118. The van der Waals surface area contributed by atoms with Crippen LogP contribution in [-0.2, 0) is 10.2 Å². The predicted molar refractivity (Wildman–Crippen MR) is 93.7 cm³/mol. The van der Waals surface area contributed by atoms with Crippen LogP contribution in [0.5, 0.6) is 11.5 Å². The average molecular weight is 332 g/mol. The lowest BCUT2D eigenvalue weighted by atomic mass is 9.70. The third-order valence-corrected chi connectivity index (χ3v) is 4.72. The maximum atomic E-state index is 13.2. The summed E-state index contributed by atoms with van der Waals surface area (Å²) in [5.41, 5.74) is 2.65. The first-order valence-electron chi connectivity index (χ1n) is 7.90. The minimum atomic E-state index is -1.07. The molecular formula is C20H16N2O3. The maximum Gasteiger partial charge on any atom is 0.244 e. The molecule has 1 aliphatic rings. The van der Waals surface area contributed by atoms with Gasteiger partial charge in [-0.15, -0.1) is 0 Å². The Kier molecular flexibility index (Phi) is 3.25. The van der Waals surface area contributed by atoms with Gasteiger partial charge in [-0.05, 0) is 48.4 Å². The van der Waals surface area contributed by atoms with Gasteiger partial charge in [0, 0.05) is 11.8 Å². The van der Waals surface area contributed by atoms with Crippen LogP contribution in [0.2, 0.25) is 0 Å². The number of nitrogens with one attached hydrogen (secondary N) is 1. The fourth-order valence-electron chi connectivity index (χ4n) is 3.53. The lowest BCUT2D eigenvalue weighted by Gasteiger charge is -2.29. The summed E-state index contributed by atoms with van der Waals surface area (Å²) < 4.78 is 0. The van der Waals surface area contributed by atoms with Gasteiger partial charge in [-0.1, -0.05) is 24.3 Å². The van der Waals surface area contributed by atoms with Crippen molar-refractivity contribution in [2.75, 3.05) is 5.32 Å². The Morgan fingerprint density at radius 1 is 0.880 bits per heavy atom. The molecule has 0 aliphatic carbocycles. The molecule has 0 unspecified atom stereocenters. The molecule has 3 aromatic rings. The predicted octanol–water partition coefficient (Wildman–Crippen LogP) is 3.09. The number of hydrogen-bond donors (Lipinski definition) is 3. The zero-order chi connectivity index (χ0) is 17.6. The van der Waals surface area contributed by atoms with Gasteiger partial charge < -0.3 is 15.5 Å². The molecule has 0 bridgehead atoms. The van der Waals surface area contributed by atoms with E-state index in [1.807, 2.05) is 13.0 Å². The number of nitrogens with zero attached hydrogens (tertiary/aromatic N) is 1. The van der Waals surface area contributed by atoms with E-state index in [1.165, 1.54) is 0 Å². The lowest BCUT2D eigenvalue weighted by Crippen LogP contribution is -2.36. The Morgan fingerprint density at radius 3 is 1.92 bits per heavy atom. The fraction of sp³-hybridized carbons (Fsp3) is 0.100. The van der Waals surface area contributed by atoms with Crippen LogP contribution >= 0.6 is 0 Å². The zero-order valence-electron chi connectivity index (χ0n) is 13.5. The summed E-state index contributed by atoms with van der Waals surface area (Å²) >= 11 is 0. The monoisotopic (exact) mass is 332 g/mol. The van der Waals surface area contributed by atoms with E-state index in [0.29, 0.717) is 5.69 Å². The van der Waals surface area contributed by atoms with Gasteiger partial charge in [0.1, 0.15) is 16.9 Å². The van der Waals surface area contributed by atoms with Crippen molar-refractivity contribution < 1.29 is 15.0 Å². The quantitative estimate of drug-likeness (QED) is 0.673. The standard InChI is InChI=1S/C20H16N2O3/c1-12-18-17(10-11-21-12)20(19(25)22-18,13-2-6-15(23)7-3-13)14-4-8-16(24)9-5-14/h2-11,23-24H,1H3,(H,22,25). The number of benzene rings is 2. The van der Waals surface area contributed by atoms with E-state index >= 15 is 0 Å². The molecule has 5 nitrogen and oxygen atoms in total. The molecule has 4 rings (SSSR count). The highest BCUT2D eigenvalue weighted by molar-refractivity contribution is 6.11. The van der Waals surface area contributed by atoms with Gasteiger partial charge in [-0.2, -0.15) is 0 Å². The van der Waals surface area contributed by atoms with Crippen molar-refractivity contribution in [3.8, 4) is 11.5 Å². The molecule has 2 heterocycles. The number of aryl methyl sites for hydroxylation is 1. The Labute approximate surface area is 144 Å². The highest BCUT2D eigenvalue weighted by Gasteiger charge is 2.50.